The molecule has 0 saturated heterocycles. The van der Waals surface area contributed by atoms with E-state index < -0.39 is 0 Å². The molecule has 0 bridgehead atoms. The molecule has 1 rings (SSSR count). The molecule has 1 atom stereocenters. The van der Waals surface area contributed by atoms with Crippen molar-refractivity contribution in [2.75, 3.05) is 13.6 Å². The van der Waals surface area contributed by atoms with Crippen LogP contribution in [-0.4, -0.2) is 25.5 Å². The molecule has 3 nitrogen and oxygen atoms in total. The Balaban J connectivity index is 2.38. The predicted octanol–water partition coefficient (Wildman–Crippen LogP) is 1.54. The highest BCUT2D eigenvalue weighted by molar-refractivity contribution is 5.81. The monoisotopic (exact) mass is 212 g/mol. The van der Waals surface area contributed by atoms with E-state index in [1.807, 2.05) is 13.8 Å². The van der Waals surface area contributed by atoms with Crippen molar-refractivity contribution < 1.29 is 4.79 Å². The van der Waals surface area contributed by atoms with E-state index in [0.29, 0.717) is 11.5 Å². The first-order chi connectivity index (χ1) is 6.82. The van der Waals surface area contributed by atoms with E-state index in [4.69, 9.17) is 0 Å². The topological polar surface area (TPSA) is 41.1 Å². The summed E-state index contributed by atoms with van der Waals surface area (Å²) in [4.78, 5) is 11.6. The summed E-state index contributed by atoms with van der Waals surface area (Å²) in [5.74, 6) is 0.100. The summed E-state index contributed by atoms with van der Waals surface area (Å²) >= 11 is 0. The number of carbonyl (C=O) groups is 1. The fourth-order valence-electron chi connectivity index (χ4n) is 1.70. The highest BCUT2D eigenvalue weighted by Crippen LogP contribution is 2.48. The first-order valence-corrected chi connectivity index (χ1v) is 5.77. The van der Waals surface area contributed by atoms with Gasteiger partial charge in [0.25, 0.3) is 0 Å². The Labute approximate surface area is 93.0 Å². The van der Waals surface area contributed by atoms with Crippen LogP contribution in [0.4, 0.5) is 0 Å². The lowest BCUT2D eigenvalue weighted by molar-refractivity contribution is -0.128. The average Bonchev–Trinajstić information content (AvgIpc) is 2.93. The van der Waals surface area contributed by atoms with Gasteiger partial charge in [-0.05, 0) is 39.0 Å². The summed E-state index contributed by atoms with van der Waals surface area (Å²) in [6.45, 7) is 9.20. The Morgan fingerprint density at radius 3 is 2.40 bits per heavy atom. The Morgan fingerprint density at radius 1 is 1.47 bits per heavy atom. The highest BCUT2D eigenvalue weighted by atomic mass is 16.2. The minimum Gasteiger partial charge on any atom is -0.359 e. The van der Waals surface area contributed by atoms with Crippen LogP contribution < -0.4 is 10.6 Å². The van der Waals surface area contributed by atoms with E-state index >= 15 is 0 Å². The zero-order valence-corrected chi connectivity index (χ0v) is 10.6. The van der Waals surface area contributed by atoms with Crippen molar-refractivity contribution in [2.24, 2.45) is 10.8 Å². The molecule has 0 aliphatic heterocycles. The van der Waals surface area contributed by atoms with Crippen molar-refractivity contribution in [3.8, 4) is 0 Å². The third-order valence-corrected chi connectivity index (χ3v) is 3.78. The van der Waals surface area contributed by atoms with E-state index in [9.17, 15) is 4.79 Å². The maximum absolute atomic E-state index is 11.6. The van der Waals surface area contributed by atoms with Gasteiger partial charge >= 0.3 is 0 Å². The summed E-state index contributed by atoms with van der Waals surface area (Å²) < 4.78 is 0. The van der Waals surface area contributed by atoms with Crippen LogP contribution in [0.5, 0.6) is 0 Å². The van der Waals surface area contributed by atoms with Gasteiger partial charge in [-0.15, -0.1) is 0 Å². The molecule has 1 amide bonds. The number of carbonyl (C=O) groups excluding carboxylic acids is 1. The van der Waals surface area contributed by atoms with Crippen molar-refractivity contribution in [1.82, 2.24) is 10.6 Å². The van der Waals surface area contributed by atoms with Crippen molar-refractivity contribution in [2.45, 2.75) is 46.6 Å². The van der Waals surface area contributed by atoms with Crippen LogP contribution in [0.2, 0.25) is 0 Å². The zero-order valence-electron chi connectivity index (χ0n) is 10.6. The lowest BCUT2D eigenvalue weighted by atomic mass is 9.91. The number of hydrogen-bond acceptors (Lipinski definition) is 2. The molecular weight excluding hydrogens is 188 g/mol. The molecule has 15 heavy (non-hydrogen) atoms. The molecule has 88 valence electrons. The molecule has 0 aromatic rings. The van der Waals surface area contributed by atoms with Crippen LogP contribution >= 0.6 is 0 Å². The van der Waals surface area contributed by atoms with Crippen LogP contribution in [0.25, 0.3) is 0 Å². The molecule has 1 fully saturated rings. The maximum Gasteiger partial charge on any atom is 0.226 e. The van der Waals surface area contributed by atoms with Gasteiger partial charge in [0, 0.05) is 19.6 Å². The minimum atomic E-state index is -0.325. The molecule has 1 aliphatic carbocycles. The number of hydrogen-bond donors (Lipinski definition) is 2. The number of nitrogens with one attached hydrogen (secondary N) is 2. The van der Waals surface area contributed by atoms with E-state index in [-0.39, 0.29) is 11.3 Å². The van der Waals surface area contributed by atoms with Gasteiger partial charge in [-0.25, -0.2) is 0 Å². The Morgan fingerprint density at radius 2 is 2.00 bits per heavy atom. The SMILES string of the molecule is CNC(=O)C(C)(C)CN[C@H](C)C1(C)CC1. The normalized spacial score (nSPS) is 20.9. The Kier molecular flexibility index (Phi) is 3.44. The van der Waals surface area contributed by atoms with E-state index in [1.165, 1.54) is 12.8 Å². The predicted molar refractivity (Wildman–Crippen MR) is 62.7 cm³/mol. The fraction of sp³-hybridized carbons (Fsp3) is 0.917. The summed E-state index contributed by atoms with van der Waals surface area (Å²) in [5.41, 5.74) is 0.146. The van der Waals surface area contributed by atoms with Gasteiger partial charge in [-0.1, -0.05) is 6.92 Å². The van der Waals surface area contributed by atoms with E-state index in [1.54, 1.807) is 7.05 Å². The maximum atomic E-state index is 11.6. The molecular formula is C12H24N2O. The molecule has 0 radical (unpaired) electrons. The quantitative estimate of drug-likeness (QED) is 0.726. The Hall–Kier alpha value is -0.570. The van der Waals surface area contributed by atoms with Crippen molar-refractivity contribution in [3.63, 3.8) is 0 Å². The second kappa shape index (κ2) is 4.12. The van der Waals surface area contributed by atoms with E-state index in [0.717, 1.165) is 6.54 Å². The lowest BCUT2D eigenvalue weighted by Crippen LogP contribution is -2.46. The van der Waals surface area contributed by atoms with Crippen LogP contribution in [0.3, 0.4) is 0 Å². The Bertz CT molecular complexity index is 244. The molecule has 0 unspecified atom stereocenters. The van der Waals surface area contributed by atoms with Gasteiger partial charge in [-0.3, -0.25) is 4.79 Å². The van der Waals surface area contributed by atoms with Crippen LogP contribution in [0, 0.1) is 10.8 Å². The smallest absolute Gasteiger partial charge is 0.226 e. The standard InChI is InChI=1S/C12H24N2O/c1-9(12(4)6-7-12)14-8-11(2,3)10(15)13-5/h9,14H,6-8H2,1-5H3,(H,13,15)/t9-/m1/s1. The van der Waals surface area contributed by atoms with Gasteiger partial charge in [0.15, 0.2) is 0 Å². The van der Waals surface area contributed by atoms with Crippen molar-refractivity contribution in [3.05, 3.63) is 0 Å². The van der Waals surface area contributed by atoms with Gasteiger partial charge in [0.05, 0.1) is 5.41 Å². The van der Waals surface area contributed by atoms with Gasteiger partial charge in [0.1, 0.15) is 0 Å². The minimum absolute atomic E-state index is 0.100. The average molecular weight is 212 g/mol. The number of amides is 1. The summed E-state index contributed by atoms with van der Waals surface area (Å²) in [5, 5.41) is 6.18. The zero-order chi connectivity index (χ0) is 11.7. The third kappa shape index (κ3) is 2.94. The van der Waals surface area contributed by atoms with Crippen LogP contribution in [-0.2, 0) is 4.79 Å². The summed E-state index contributed by atoms with van der Waals surface area (Å²) in [6.07, 6.45) is 2.61. The van der Waals surface area contributed by atoms with Crippen molar-refractivity contribution in [1.29, 1.82) is 0 Å². The first kappa shape index (κ1) is 12.5. The molecule has 0 heterocycles. The molecule has 0 spiro atoms. The fourth-order valence-corrected chi connectivity index (χ4v) is 1.70. The van der Waals surface area contributed by atoms with Crippen molar-refractivity contribution >= 4 is 5.91 Å². The van der Waals surface area contributed by atoms with E-state index in [2.05, 4.69) is 24.5 Å². The van der Waals surface area contributed by atoms with Gasteiger partial charge < -0.3 is 10.6 Å². The molecule has 3 heteroatoms. The molecule has 1 aliphatic rings. The highest BCUT2D eigenvalue weighted by Gasteiger charge is 2.42. The molecule has 0 aromatic heterocycles. The van der Waals surface area contributed by atoms with Gasteiger partial charge in [-0.2, -0.15) is 0 Å². The summed E-state index contributed by atoms with van der Waals surface area (Å²) in [6, 6.07) is 0.501. The number of rotatable bonds is 5. The lowest BCUT2D eigenvalue weighted by Gasteiger charge is -2.28. The molecule has 1 saturated carbocycles. The second-order valence-electron chi connectivity index (χ2n) is 5.72. The first-order valence-electron chi connectivity index (χ1n) is 5.77. The molecule has 0 aromatic carbocycles. The largest absolute Gasteiger partial charge is 0.359 e. The second-order valence-corrected chi connectivity index (χ2v) is 5.72. The molecule has 2 N–H and O–H groups in total. The van der Waals surface area contributed by atoms with Crippen LogP contribution in [0.1, 0.15) is 40.5 Å². The van der Waals surface area contributed by atoms with Crippen LogP contribution in [0.15, 0.2) is 0 Å². The summed E-state index contributed by atoms with van der Waals surface area (Å²) in [7, 11) is 1.69. The third-order valence-electron chi connectivity index (χ3n) is 3.78. The van der Waals surface area contributed by atoms with Gasteiger partial charge in [0.2, 0.25) is 5.91 Å².